The summed E-state index contributed by atoms with van der Waals surface area (Å²) in [5.74, 6) is -0.854. The van der Waals surface area contributed by atoms with Gasteiger partial charge >= 0.3 is 5.97 Å². The maximum Gasteiger partial charge on any atom is 0.354 e. The molecule has 1 aromatic carbocycles. The highest BCUT2D eigenvalue weighted by Gasteiger charge is 2.20. The van der Waals surface area contributed by atoms with Crippen molar-refractivity contribution in [1.82, 2.24) is 4.98 Å². The van der Waals surface area contributed by atoms with Gasteiger partial charge in [-0.25, -0.2) is 13.2 Å². The molecule has 1 aromatic heterocycles. The highest BCUT2D eigenvalue weighted by atomic mass is 32.2. The van der Waals surface area contributed by atoms with Gasteiger partial charge in [-0.05, 0) is 25.1 Å². The van der Waals surface area contributed by atoms with E-state index in [4.69, 9.17) is 9.84 Å². The summed E-state index contributed by atoms with van der Waals surface area (Å²) in [5, 5.41) is 9.04. The van der Waals surface area contributed by atoms with Crippen LogP contribution >= 0.6 is 0 Å². The summed E-state index contributed by atoms with van der Waals surface area (Å²) < 4.78 is 31.8. The van der Waals surface area contributed by atoms with E-state index in [2.05, 4.69) is 9.71 Å². The SMILES string of the molecule is COc1cccc(S(=O)(=O)Nc2cc(C)[nH]c2C(=O)O)c1. The van der Waals surface area contributed by atoms with Crippen molar-refractivity contribution < 1.29 is 23.1 Å². The lowest BCUT2D eigenvalue weighted by atomic mass is 10.3. The number of hydrogen-bond acceptors (Lipinski definition) is 4. The van der Waals surface area contributed by atoms with Crippen LogP contribution in [0.4, 0.5) is 5.69 Å². The Kier molecular flexibility index (Phi) is 3.90. The largest absolute Gasteiger partial charge is 0.497 e. The van der Waals surface area contributed by atoms with Crippen LogP contribution in [0.5, 0.6) is 5.75 Å². The molecule has 3 N–H and O–H groups in total. The minimum Gasteiger partial charge on any atom is -0.497 e. The molecule has 0 radical (unpaired) electrons. The Morgan fingerprint density at radius 1 is 1.33 bits per heavy atom. The van der Waals surface area contributed by atoms with Crippen LogP contribution < -0.4 is 9.46 Å². The topological polar surface area (TPSA) is 108 Å². The van der Waals surface area contributed by atoms with Crippen LogP contribution in [0.2, 0.25) is 0 Å². The van der Waals surface area contributed by atoms with E-state index in [0.29, 0.717) is 11.4 Å². The molecule has 0 aliphatic heterocycles. The molecular weight excluding hydrogens is 296 g/mol. The lowest BCUT2D eigenvalue weighted by molar-refractivity contribution is 0.0692. The van der Waals surface area contributed by atoms with Crippen molar-refractivity contribution in [2.45, 2.75) is 11.8 Å². The molecule has 7 nitrogen and oxygen atoms in total. The van der Waals surface area contributed by atoms with Crippen LogP contribution in [0.3, 0.4) is 0 Å². The van der Waals surface area contributed by atoms with Gasteiger partial charge in [0, 0.05) is 11.8 Å². The number of rotatable bonds is 5. The van der Waals surface area contributed by atoms with Crippen molar-refractivity contribution in [2.75, 3.05) is 11.8 Å². The number of aromatic nitrogens is 1. The molecule has 112 valence electrons. The number of nitrogens with one attached hydrogen (secondary N) is 2. The number of H-pyrrole nitrogens is 1. The van der Waals surface area contributed by atoms with Gasteiger partial charge < -0.3 is 14.8 Å². The van der Waals surface area contributed by atoms with Gasteiger partial charge in [0.05, 0.1) is 17.7 Å². The van der Waals surface area contributed by atoms with Crippen molar-refractivity contribution in [3.8, 4) is 5.75 Å². The van der Waals surface area contributed by atoms with E-state index in [-0.39, 0.29) is 16.3 Å². The molecular formula is C13H14N2O5S. The summed E-state index contributed by atoms with van der Waals surface area (Å²) in [4.78, 5) is 13.6. The van der Waals surface area contributed by atoms with Crippen molar-refractivity contribution in [1.29, 1.82) is 0 Å². The average Bonchev–Trinajstić information content (AvgIpc) is 2.79. The number of aromatic amines is 1. The number of ether oxygens (including phenoxy) is 1. The third kappa shape index (κ3) is 3.16. The number of hydrogen-bond donors (Lipinski definition) is 3. The van der Waals surface area contributed by atoms with Gasteiger partial charge in [-0.1, -0.05) is 6.07 Å². The first kappa shape index (κ1) is 14.9. The molecule has 0 saturated carbocycles. The predicted octanol–water partition coefficient (Wildman–Crippen LogP) is 1.83. The fraction of sp³-hybridized carbons (Fsp3) is 0.154. The number of sulfonamides is 1. The Labute approximate surface area is 121 Å². The molecule has 21 heavy (non-hydrogen) atoms. The Bertz CT molecular complexity index is 780. The number of carboxylic acids is 1. The number of anilines is 1. The Hall–Kier alpha value is -2.48. The molecule has 0 bridgehead atoms. The van der Waals surface area contributed by atoms with Crippen LogP contribution in [-0.2, 0) is 10.0 Å². The molecule has 0 saturated heterocycles. The van der Waals surface area contributed by atoms with Crippen molar-refractivity contribution >= 4 is 21.7 Å². The molecule has 2 rings (SSSR count). The van der Waals surface area contributed by atoms with E-state index in [9.17, 15) is 13.2 Å². The number of carboxylic acid groups (broad SMARTS) is 1. The van der Waals surface area contributed by atoms with Gasteiger partial charge in [-0.3, -0.25) is 4.72 Å². The van der Waals surface area contributed by atoms with E-state index in [1.165, 1.54) is 31.4 Å². The lowest BCUT2D eigenvalue weighted by Crippen LogP contribution is -2.15. The summed E-state index contributed by atoms with van der Waals surface area (Å²) in [7, 11) is -2.47. The van der Waals surface area contributed by atoms with Gasteiger partial charge in [0.15, 0.2) is 0 Å². The van der Waals surface area contributed by atoms with E-state index >= 15 is 0 Å². The highest BCUT2D eigenvalue weighted by molar-refractivity contribution is 7.92. The van der Waals surface area contributed by atoms with Crippen LogP contribution in [-0.4, -0.2) is 31.6 Å². The molecule has 0 fully saturated rings. The standard InChI is InChI=1S/C13H14N2O5S/c1-8-6-11(12(14-8)13(16)17)15-21(18,19)10-5-3-4-9(7-10)20-2/h3-7,14-15H,1-2H3,(H,16,17). The molecule has 0 unspecified atom stereocenters. The number of carbonyl (C=O) groups is 1. The smallest absolute Gasteiger partial charge is 0.354 e. The Balaban J connectivity index is 2.39. The van der Waals surface area contributed by atoms with Gasteiger partial charge in [-0.15, -0.1) is 0 Å². The number of benzene rings is 1. The third-order valence-electron chi connectivity index (χ3n) is 2.76. The van der Waals surface area contributed by atoms with E-state index in [0.717, 1.165) is 0 Å². The van der Waals surface area contributed by atoms with Gasteiger partial charge in [0.2, 0.25) is 0 Å². The number of methoxy groups -OCH3 is 1. The molecule has 0 aliphatic rings. The van der Waals surface area contributed by atoms with Crippen LogP contribution in [0, 0.1) is 6.92 Å². The van der Waals surface area contributed by atoms with Crippen LogP contribution in [0.25, 0.3) is 0 Å². The first-order chi connectivity index (χ1) is 9.83. The summed E-state index contributed by atoms with van der Waals surface area (Å²) >= 11 is 0. The average molecular weight is 310 g/mol. The lowest BCUT2D eigenvalue weighted by Gasteiger charge is -2.08. The van der Waals surface area contributed by atoms with Gasteiger partial charge in [0.1, 0.15) is 11.4 Å². The molecule has 0 amide bonds. The highest BCUT2D eigenvalue weighted by Crippen LogP contribution is 2.23. The maximum atomic E-state index is 12.3. The first-order valence-corrected chi connectivity index (χ1v) is 7.41. The van der Waals surface area contributed by atoms with Crippen molar-refractivity contribution in [3.63, 3.8) is 0 Å². The summed E-state index contributed by atoms with van der Waals surface area (Å²) in [6.45, 7) is 1.63. The normalized spacial score (nSPS) is 11.1. The second kappa shape index (κ2) is 5.49. The molecule has 0 atom stereocenters. The second-order valence-electron chi connectivity index (χ2n) is 4.33. The second-order valence-corrected chi connectivity index (χ2v) is 6.01. The third-order valence-corrected chi connectivity index (χ3v) is 4.13. The van der Waals surface area contributed by atoms with Crippen LogP contribution in [0.15, 0.2) is 35.2 Å². The van der Waals surface area contributed by atoms with Gasteiger partial charge in [-0.2, -0.15) is 0 Å². The summed E-state index contributed by atoms with van der Waals surface area (Å²) in [5.41, 5.74) is 0.317. The van der Waals surface area contributed by atoms with E-state index in [1.54, 1.807) is 13.0 Å². The minimum atomic E-state index is -3.90. The zero-order chi connectivity index (χ0) is 15.6. The van der Waals surface area contributed by atoms with E-state index in [1.807, 2.05) is 0 Å². The molecule has 2 aromatic rings. The van der Waals surface area contributed by atoms with E-state index < -0.39 is 16.0 Å². The first-order valence-electron chi connectivity index (χ1n) is 5.93. The zero-order valence-electron chi connectivity index (χ0n) is 11.4. The predicted molar refractivity (Wildman–Crippen MR) is 76.3 cm³/mol. The molecule has 0 aliphatic carbocycles. The Morgan fingerprint density at radius 2 is 2.05 bits per heavy atom. The fourth-order valence-electron chi connectivity index (χ4n) is 1.81. The Morgan fingerprint density at radius 3 is 2.67 bits per heavy atom. The van der Waals surface area contributed by atoms with Crippen molar-refractivity contribution in [3.05, 3.63) is 41.7 Å². The fourth-order valence-corrected chi connectivity index (χ4v) is 2.91. The number of aryl methyl sites for hydroxylation is 1. The monoisotopic (exact) mass is 310 g/mol. The quantitative estimate of drug-likeness (QED) is 0.780. The molecule has 0 spiro atoms. The van der Waals surface area contributed by atoms with Crippen molar-refractivity contribution in [2.24, 2.45) is 0 Å². The zero-order valence-corrected chi connectivity index (χ0v) is 12.2. The summed E-state index contributed by atoms with van der Waals surface area (Å²) in [6, 6.07) is 7.31. The van der Waals surface area contributed by atoms with Gasteiger partial charge in [0.25, 0.3) is 10.0 Å². The molecule has 1 heterocycles. The summed E-state index contributed by atoms with van der Waals surface area (Å²) in [6.07, 6.45) is 0. The molecule has 8 heteroatoms. The maximum absolute atomic E-state index is 12.3. The number of aromatic carboxylic acids is 1. The van der Waals surface area contributed by atoms with Crippen LogP contribution in [0.1, 0.15) is 16.2 Å². The minimum absolute atomic E-state index is 0.0113.